The van der Waals surface area contributed by atoms with Crippen molar-refractivity contribution in [2.75, 3.05) is 0 Å². The molecular weight excluding hydrogens is 222 g/mol. The molecule has 1 amide bonds. The Bertz CT molecular complexity index is 442. The molecule has 3 N–H and O–H groups in total. The van der Waals surface area contributed by atoms with Crippen LogP contribution in [0.25, 0.3) is 0 Å². The standard InChI is InChI=1S/C11H19N3OS/c1-7(2)8-6-13-10(16)14(8)11(3,4)5-9(12)15/h6-7H,5H2,1-4H3,(H2,12,15)(H,13,16). The quantitative estimate of drug-likeness (QED) is 0.794. The van der Waals surface area contributed by atoms with Gasteiger partial charge in [0.1, 0.15) is 0 Å². The van der Waals surface area contributed by atoms with Crippen LogP contribution in [0.5, 0.6) is 0 Å². The smallest absolute Gasteiger partial charge is 0.219 e. The predicted octanol–water partition coefficient (Wildman–Crippen LogP) is 2.28. The average molecular weight is 241 g/mol. The molecule has 4 nitrogen and oxygen atoms in total. The average Bonchev–Trinajstić information content (AvgIpc) is 2.44. The number of carbonyl (C=O) groups excluding carboxylic acids is 1. The van der Waals surface area contributed by atoms with Crippen molar-refractivity contribution in [3.05, 3.63) is 16.7 Å². The summed E-state index contributed by atoms with van der Waals surface area (Å²) in [6.07, 6.45) is 2.18. The Morgan fingerprint density at radius 1 is 1.62 bits per heavy atom. The van der Waals surface area contributed by atoms with Gasteiger partial charge in [0.2, 0.25) is 5.91 Å². The van der Waals surface area contributed by atoms with Crippen LogP contribution in [-0.2, 0) is 10.3 Å². The fourth-order valence-electron chi connectivity index (χ4n) is 1.94. The van der Waals surface area contributed by atoms with Crippen LogP contribution in [0, 0.1) is 4.77 Å². The molecule has 0 atom stereocenters. The first-order valence-electron chi connectivity index (χ1n) is 5.35. The van der Waals surface area contributed by atoms with E-state index in [1.807, 2.05) is 24.6 Å². The Hall–Kier alpha value is -1.10. The highest BCUT2D eigenvalue weighted by Crippen LogP contribution is 2.26. The van der Waals surface area contributed by atoms with Crippen LogP contribution >= 0.6 is 12.2 Å². The molecule has 0 aromatic carbocycles. The predicted molar refractivity (Wildman–Crippen MR) is 66.8 cm³/mol. The van der Waals surface area contributed by atoms with E-state index in [2.05, 4.69) is 18.8 Å². The number of hydrogen-bond donors (Lipinski definition) is 2. The lowest BCUT2D eigenvalue weighted by Crippen LogP contribution is -2.33. The minimum absolute atomic E-state index is 0.277. The molecule has 0 saturated heterocycles. The number of H-pyrrole nitrogens is 1. The third-order valence-electron chi connectivity index (χ3n) is 2.61. The molecule has 0 aliphatic rings. The van der Waals surface area contributed by atoms with E-state index in [0.717, 1.165) is 5.69 Å². The normalized spacial score (nSPS) is 12.1. The SMILES string of the molecule is CC(C)c1c[nH]c(=S)n1C(C)(C)CC(N)=O. The van der Waals surface area contributed by atoms with Crippen molar-refractivity contribution < 1.29 is 4.79 Å². The maximum Gasteiger partial charge on any atom is 0.219 e. The summed E-state index contributed by atoms with van der Waals surface area (Å²) < 4.78 is 2.62. The molecule has 0 fully saturated rings. The van der Waals surface area contributed by atoms with Crippen molar-refractivity contribution in [2.24, 2.45) is 5.73 Å². The van der Waals surface area contributed by atoms with Gasteiger partial charge in [-0.1, -0.05) is 13.8 Å². The Kier molecular flexibility index (Phi) is 3.57. The second kappa shape index (κ2) is 4.41. The molecule has 0 aliphatic carbocycles. The van der Waals surface area contributed by atoms with Crippen molar-refractivity contribution >= 4 is 18.1 Å². The molecule has 0 unspecified atom stereocenters. The van der Waals surface area contributed by atoms with Crippen LogP contribution in [0.3, 0.4) is 0 Å². The molecule has 0 saturated carbocycles. The van der Waals surface area contributed by atoms with E-state index >= 15 is 0 Å². The molecule has 1 heterocycles. The second-order valence-corrected chi connectivity index (χ2v) is 5.35. The summed E-state index contributed by atoms with van der Waals surface area (Å²) in [6, 6.07) is 0. The van der Waals surface area contributed by atoms with Crippen LogP contribution in [0.15, 0.2) is 6.20 Å². The second-order valence-electron chi connectivity index (χ2n) is 4.96. The number of aromatic nitrogens is 2. The van der Waals surface area contributed by atoms with E-state index in [1.165, 1.54) is 0 Å². The van der Waals surface area contributed by atoms with E-state index < -0.39 is 0 Å². The summed E-state index contributed by atoms with van der Waals surface area (Å²) in [7, 11) is 0. The number of nitrogens with zero attached hydrogens (tertiary/aromatic N) is 1. The van der Waals surface area contributed by atoms with E-state index in [4.69, 9.17) is 18.0 Å². The van der Waals surface area contributed by atoms with Crippen LogP contribution in [0.4, 0.5) is 0 Å². The molecule has 90 valence electrons. The van der Waals surface area contributed by atoms with Crippen molar-refractivity contribution in [3.8, 4) is 0 Å². The largest absolute Gasteiger partial charge is 0.370 e. The summed E-state index contributed by atoms with van der Waals surface area (Å²) in [5.74, 6) is 0.0305. The Morgan fingerprint density at radius 3 is 2.62 bits per heavy atom. The molecule has 1 aromatic rings. The third-order valence-corrected chi connectivity index (χ3v) is 2.91. The van der Waals surface area contributed by atoms with Crippen LogP contribution in [0.1, 0.15) is 45.7 Å². The van der Waals surface area contributed by atoms with Gasteiger partial charge in [0, 0.05) is 18.3 Å². The summed E-state index contributed by atoms with van der Waals surface area (Å²) in [5, 5.41) is 0. The summed E-state index contributed by atoms with van der Waals surface area (Å²) in [4.78, 5) is 14.1. The van der Waals surface area contributed by atoms with Crippen molar-refractivity contribution in [2.45, 2.75) is 45.6 Å². The van der Waals surface area contributed by atoms with E-state index in [-0.39, 0.29) is 17.9 Å². The van der Waals surface area contributed by atoms with Gasteiger partial charge in [0.25, 0.3) is 0 Å². The highest BCUT2D eigenvalue weighted by atomic mass is 32.1. The number of imidazole rings is 1. The van der Waals surface area contributed by atoms with Crippen molar-refractivity contribution in [1.29, 1.82) is 0 Å². The molecule has 0 radical (unpaired) electrons. The van der Waals surface area contributed by atoms with Crippen molar-refractivity contribution in [3.63, 3.8) is 0 Å². The Morgan fingerprint density at radius 2 is 2.19 bits per heavy atom. The van der Waals surface area contributed by atoms with Crippen LogP contribution in [0.2, 0.25) is 0 Å². The summed E-state index contributed by atoms with van der Waals surface area (Å²) in [6.45, 7) is 8.12. The van der Waals surface area contributed by atoms with Gasteiger partial charge in [-0.25, -0.2) is 0 Å². The van der Waals surface area contributed by atoms with Gasteiger partial charge in [-0.15, -0.1) is 0 Å². The first-order valence-corrected chi connectivity index (χ1v) is 5.75. The number of amides is 1. The Labute approximate surface area is 101 Å². The number of nitrogens with two attached hydrogens (primary N) is 1. The number of rotatable bonds is 4. The van der Waals surface area contributed by atoms with Gasteiger partial charge in [-0.3, -0.25) is 4.79 Å². The van der Waals surface area contributed by atoms with Gasteiger partial charge in [-0.2, -0.15) is 0 Å². The molecule has 0 bridgehead atoms. The monoisotopic (exact) mass is 241 g/mol. The zero-order valence-electron chi connectivity index (χ0n) is 10.2. The zero-order valence-corrected chi connectivity index (χ0v) is 11.0. The number of hydrogen-bond acceptors (Lipinski definition) is 2. The van der Waals surface area contributed by atoms with Gasteiger partial charge in [-0.05, 0) is 32.0 Å². The van der Waals surface area contributed by atoms with Gasteiger partial charge in [0.05, 0.1) is 5.54 Å². The molecule has 5 heteroatoms. The van der Waals surface area contributed by atoms with E-state index in [0.29, 0.717) is 10.7 Å². The highest BCUT2D eigenvalue weighted by Gasteiger charge is 2.26. The van der Waals surface area contributed by atoms with Gasteiger partial charge in [0.15, 0.2) is 4.77 Å². The topological polar surface area (TPSA) is 63.8 Å². The molecule has 16 heavy (non-hydrogen) atoms. The Balaban J connectivity index is 3.25. The fourth-order valence-corrected chi connectivity index (χ4v) is 2.35. The molecule has 1 rings (SSSR count). The van der Waals surface area contributed by atoms with Crippen LogP contribution < -0.4 is 5.73 Å². The molecule has 0 spiro atoms. The number of primary amides is 1. The number of aromatic amines is 1. The lowest BCUT2D eigenvalue weighted by atomic mass is 9.98. The zero-order chi connectivity index (χ0) is 12.5. The van der Waals surface area contributed by atoms with Crippen molar-refractivity contribution in [1.82, 2.24) is 9.55 Å². The number of carbonyl (C=O) groups is 1. The third kappa shape index (κ3) is 2.52. The highest BCUT2D eigenvalue weighted by molar-refractivity contribution is 7.71. The van der Waals surface area contributed by atoms with E-state index in [9.17, 15) is 4.79 Å². The maximum absolute atomic E-state index is 11.1. The summed E-state index contributed by atoms with van der Waals surface area (Å²) >= 11 is 5.25. The van der Waals surface area contributed by atoms with E-state index in [1.54, 1.807) is 0 Å². The molecule has 1 aromatic heterocycles. The maximum atomic E-state index is 11.1. The lowest BCUT2D eigenvalue weighted by molar-refractivity contribution is -0.119. The first kappa shape index (κ1) is 13.0. The molecular formula is C11H19N3OS. The first-order chi connectivity index (χ1) is 7.25. The van der Waals surface area contributed by atoms with Crippen LogP contribution in [-0.4, -0.2) is 15.5 Å². The minimum Gasteiger partial charge on any atom is -0.370 e. The minimum atomic E-state index is -0.386. The van der Waals surface area contributed by atoms with Gasteiger partial charge < -0.3 is 15.3 Å². The summed E-state index contributed by atoms with van der Waals surface area (Å²) in [5.41, 5.74) is 5.97. The van der Waals surface area contributed by atoms with Gasteiger partial charge >= 0.3 is 0 Å². The molecule has 0 aliphatic heterocycles. The lowest BCUT2D eigenvalue weighted by Gasteiger charge is -2.28. The fraction of sp³-hybridized carbons (Fsp3) is 0.636. The number of nitrogens with one attached hydrogen (secondary N) is 1.